The van der Waals surface area contributed by atoms with Gasteiger partial charge in [0.05, 0.1) is 5.69 Å². The predicted octanol–water partition coefficient (Wildman–Crippen LogP) is 4.34. The van der Waals surface area contributed by atoms with Crippen molar-refractivity contribution in [2.45, 2.75) is 25.5 Å². The Kier molecular flexibility index (Phi) is 6.84. The lowest BCUT2D eigenvalue weighted by Crippen LogP contribution is -2.33. The van der Waals surface area contributed by atoms with Crippen LogP contribution in [0, 0.1) is 6.92 Å². The summed E-state index contributed by atoms with van der Waals surface area (Å²) in [7, 11) is 0. The van der Waals surface area contributed by atoms with Crippen molar-refractivity contribution in [3.05, 3.63) is 72.3 Å². The fraction of sp³-hybridized carbons (Fsp3) is 0.217. The van der Waals surface area contributed by atoms with Crippen LogP contribution in [0.5, 0.6) is 0 Å². The van der Waals surface area contributed by atoms with Crippen LogP contribution in [-0.2, 0) is 9.59 Å². The van der Waals surface area contributed by atoms with E-state index in [1.54, 1.807) is 35.2 Å². The Morgan fingerprint density at radius 2 is 1.97 bits per heavy atom. The molecule has 0 bridgehead atoms. The first-order chi connectivity index (χ1) is 14.4. The highest BCUT2D eigenvalue weighted by atomic mass is 32.2. The molecular formula is C23H23N3O3S. The summed E-state index contributed by atoms with van der Waals surface area (Å²) >= 11 is 1.28. The predicted molar refractivity (Wildman–Crippen MR) is 121 cm³/mol. The van der Waals surface area contributed by atoms with Crippen molar-refractivity contribution in [2.24, 2.45) is 4.99 Å². The molecule has 1 aliphatic heterocycles. The number of carbonyl (C=O) groups is 3. The van der Waals surface area contributed by atoms with Crippen LogP contribution < -0.4 is 5.32 Å². The highest BCUT2D eigenvalue weighted by molar-refractivity contribution is 8.15. The molecule has 0 spiro atoms. The molecule has 2 amide bonds. The summed E-state index contributed by atoms with van der Waals surface area (Å²) in [6, 6.07) is 14.4. The second-order valence-electron chi connectivity index (χ2n) is 6.96. The summed E-state index contributed by atoms with van der Waals surface area (Å²) < 4.78 is 0. The van der Waals surface area contributed by atoms with Gasteiger partial charge in [0, 0.05) is 24.2 Å². The zero-order valence-corrected chi connectivity index (χ0v) is 17.7. The highest BCUT2D eigenvalue weighted by Crippen LogP contribution is 2.32. The Labute approximate surface area is 180 Å². The van der Waals surface area contributed by atoms with Gasteiger partial charge >= 0.3 is 0 Å². The van der Waals surface area contributed by atoms with E-state index in [2.05, 4.69) is 16.9 Å². The van der Waals surface area contributed by atoms with Gasteiger partial charge in [0.25, 0.3) is 0 Å². The van der Waals surface area contributed by atoms with Gasteiger partial charge in [-0.15, -0.1) is 6.58 Å². The Morgan fingerprint density at radius 3 is 2.63 bits per heavy atom. The summed E-state index contributed by atoms with van der Waals surface area (Å²) in [5, 5.41) is 2.76. The van der Waals surface area contributed by atoms with Gasteiger partial charge in [-0.1, -0.05) is 47.7 Å². The number of ketones is 1. The highest BCUT2D eigenvalue weighted by Gasteiger charge is 2.38. The maximum absolute atomic E-state index is 12.8. The molecular weight excluding hydrogens is 398 g/mol. The molecule has 154 valence electrons. The second-order valence-corrected chi connectivity index (χ2v) is 8.13. The average molecular weight is 422 g/mol. The lowest BCUT2D eigenvalue weighted by molar-refractivity contribution is -0.127. The Bertz CT molecular complexity index is 1010. The minimum Gasteiger partial charge on any atom is -0.326 e. The van der Waals surface area contributed by atoms with E-state index in [0.29, 0.717) is 23.0 Å². The third-order valence-electron chi connectivity index (χ3n) is 4.51. The minimum atomic E-state index is -0.565. The SMILES string of the molecule is C=CCN1C(=O)[C@@H](CC(=O)Nc2cccc(C(C)=O)c2)SC1=Nc1ccc(C)cc1. The molecule has 1 saturated heterocycles. The number of anilines is 1. The summed E-state index contributed by atoms with van der Waals surface area (Å²) in [5.74, 6) is -0.542. The molecule has 6 nitrogen and oxygen atoms in total. The molecule has 2 aromatic carbocycles. The van der Waals surface area contributed by atoms with Crippen molar-refractivity contribution >= 4 is 45.9 Å². The zero-order chi connectivity index (χ0) is 21.7. The number of carbonyl (C=O) groups excluding carboxylic acids is 3. The molecule has 30 heavy (non-hydrogen) atoms. The van der Waals surface area contributed by atoms with Crippen LogP contribution in [-0.4, -0.2) is 39.5 Å². The largest absolute Gasteiger partial charge is 0.326 e. The van der Waals surface area contributed by atoms with Gasteiger partial charge in [-0.05, 0) is 38.1 Å². The van der Waals surface area contributed by atoms with E-state index in [0.717, 1.165) is 11.3 Å². The molecule has 0 saturated carbocycles. The minimum absolute atomic E-state index is 0.00829. The van der Waals surface area contributed by atoms with Crippen LogP contribution in [0.1, 0.15) is 29.3 Å². The quantitative estimate of drug-likeness (QED) is 0.533. The molecule has 3 rings (SSSR count). The molecule has 2 aromatic rings. The van der Waals surface area contributed by atoms with Crippen molar-refractivity contribution in [2.75, 3.05) is 11.9 Å². The van der Waals surface area contributed by atoms with E-state index in [1.807, 2.05) is 31.2 Å². The third-order valence-corrected chi connectivity index (χ3v) is 5.69. The van der Waals surface area contributed by atoms with E-state index in [4.69, 9.17) is 0 Å². The average Bonchev–Trinajstić information content (AvgIpc) is 2.99. The topological polar surface area (TPSA) is 78.8 Å². The molecule has 1 aliphatic rings. The molecule has 0 unspecified atom stereocenters. The van der Waals surface area contributed by atoms with Gasteiger partial charge in [0.15, 0.2) is 11.0 Å². The van der Waals surface area contributed by atoms with Crippen molar-refractivity contribution in [3.8, 4) is 0 Å². The smallest absolute Gasteiger partial charge is 0.242 e. The molecule has 1 N–H and O–H groups in total. The van der Waals surface area contributed by atoms with E-state index in [9.17, 15) is 14.4 Å². The zero-order valence-electron chi connectivity index (χ0n) is 16.9. The van der Waals surface area contributed by atoms with Crippen molar-refractivity contribution < 1.29 is 14.4 Å². The van der Waals surface area contributed by atoms with E-state index >= 15 is 0 Å². The van der Waals surface area contributed by atoms with Crippen LogP contribution in [0.3, 0.4) is 0 Å². The normalized spacial score (nSPS) is 17.3. The molecule has 7 heteroatoms. The molecule has 0 radical (unpaired) electrons. The summed E-state index contributed by atoms with van der Waals surface area (Å²) in [6.45, 7) is 7.51. The number of amidine groups is 1. The van der Waals surface area contributed by atoms with Gasteiger partial charge in [-0.3, -0.25) is 19.3 Å². The van der Waals surface area contributed by atoms with Crippen molar-refractivity contribution in [1.29, 1.82) is 0 Å². The van der Waals surface area contributed by atoms with Crippen LogP contribution >= 0.6 is 11.8 Å². The first-order valence-corrected chi connectivity index (χ1v) is 10.4. The number of rotatable bonds is 7. The number of thioether (sulfide) groups is 1. The number of amides is 2. The van der Waals surface area contributed by atoms with Crippen LogP contribution in [0.4, 0.5) is 11.4 Å². The summed E-state index contributed by atoms with van der Waals surface area (Å²) in [4.78, 5) is 43.0. The number of nitrogens with one attached hydrogen (secondary N) is 1. The fourth-order valence-corrected chi connectivity index (χ4v) is 4.12. The molecule has 1 fully saturated rings. The maximum atomic E-state index is 12.8. The van der Waals surface area contributed by atoms with Crippen molar-refractivity contribution in [3.63, 3.8) is 0 Å². The van der Waals surface area contributed by atoms with Gasteiger partial charge in [0.2, 0.25) is 11.8 Å². The standard InChI is InChI=1S/C23H23N3O3S/c1-4-12-26-22(29)20(30-23(26)25-18-10-8-15(2)9-11-18)14-21(28)24-19-7-5-6-17(13-19)16(3)27/h4-11,13,20H,1,12,14H2,2-3H3,(H,24,28)/t20-/m1/s1. The van der Waals surface area contributed by atoms with Gasteiger partial charge in [-0.25, -0.2) is 4.99 Å². The molecule has 0 aliphatic carbocycles. The van der Waals surface area contributed by atoms with Crippen LogP contribution in [0.2, 0.25) is 0 Å². The third kappa shape index (κ3) is 5.24. The number of benzene rings is 2. The first kappa shape index (κ1) is 21.5. The summed E-state index contributed by atoms with van der Waals surface area (Å²) in [5.41, 5.74) is 2.92. The lowest BCUT2D eigenvalue weighted by atomic mass is 10.1. The van der Waals surface area contributed by atoms with E-state index in [-0.39, 0.29) is 24.0 Å². The lowest BCUT2D eigenvalue weighted by Gasteiger charge is -2.14. The first-order valence-electron chi connectivity index (χ1n) is 9.52. The van der Waals surface area contributed by atoms with E-state index < -0.39 is 5.25 Å². The summed E-state index contributed by atoms with van der Waals surface area (Å²) in [6.07, 6.45) is 1.65. The number of Topliss-reactive ketones (excluding diaryl/α,β-unsaturated/α-hetero) is 1. The number of nitrogens with zero attached hydrogens (tertiary/aromatic N) is 2. The monoisotopic (exact) mass is 421 g/mol. The maximum Gasteiger partial charge on any atom is 0.242 e. The van der Waals surface area contributed by atoms with Crippen molar-refractivity contribution in [1.82, 2.24) is 4.90 Å². The van der Waals surface area contributed by atoms with Gasteiger partial charge in [-0.2, -0.15) is 0 Å². The van der Waals surface area contributed by atoms with Gasteiger partial charge in [0.1, 0.15) is 5.25 Å². The molecule has 0 aromatic heterocycles. The Morgan fingerprint density at radius 1 is 1.23 bits per heavy atom. The number of aryl methyl sites for hydroxylation is 1. The number of hydrogen-bond acceptors (Lipinski definition) is 5. The van der Waals surface area contributed by atoms with Crippen LogP contribution in [0.15, 0.2) is 66.2 Å². The van der Waals surface area contributed by atoms with Crippen LogP contribution in [0.25, 0.3) is 0 Å². The van der Waals surface area contributed by atoms with E-state index in [1.165, 1.54) is 18.7 Å². The molecule has 1 atom stereocenters. The Hall–Kier alpha value is -3.19. The number of hydrogen-bond donors (Lipinski definition) is 1. The van der Waals surface area contributed by atoms with Gasteiger partial charge < -0.3 is 5.32 Å². The fourth-order valence-electron chi connectivity index (χ4n) is 2.95. The Balaban J connectivity index is 1.72. The second kappa shape index (κ2) is 9.54. The molecule has 1 heterocycles. The number of aliphatic imine (C=N–C) groups is 1.